The number of esters is 1. The van der Waals surface area contributed by atoms with E-state index in [1.54, 1.807) is 0 Å². The van der Waals surface area contributed by atoms with Crippen molar-refractivity contribution in [2.45, 2.75) is 107 Å². The van der Waals surface area contributed by atoms with Gasteiger partial charge in [-0.15, -0.1) is 0 Å². The third-order valence-electron chi connectivity index (χ3n) is 8.57. The van der Waals surface area contributed by atoms with Gasteiger partial charge in [0.05, 0.1) is 13.0 Å². The second kappa shape index (κ2) is 9.61. The first-order valence-electron chi connectivity index (χ1n) is 12.4. The largest absolute Gasteiger partial charge is 0.466 e. The second-order valence-electron chi connectivity index (χ2n) is 9.91. The van der Waals surface area contributed by atoms with Gasteiger partial charge in [-0.05, 0) is 23.5 Å². The van der Waals surface area contributed by atoms with Crippen molar-refractivity contribution in [2.24, 2.45) is 0 Å². The van der Waals surface area contributed by atoms with Crippen LogP contribution in [0, 0.1) is 0 Å². The lowest BCUT2D eigenvalue weighted by Gasteiger charge is -2.52. The standard InChI is InChI=1S/C23H42N2O2Si/c1-2-27-23(26)15-16-24-17-18-25(19-24)28(20-9-3-4-10-20,21-11-5-6-12-21)22-13-7-8-14-22/h20-22H,2-19H2,1H3. The van der Waals surface area contributed by atoms with Crippen molar-refractivity contribution < 1.29 is 9.53 Å². The number of rotatable bonds is 8. The Labute approximate surface area is 173 Å². The summed E-state index contributed by atoms with van der Waals surface area (Å²) in [5.74, 6) is -0.0214. The zero-order chi connectivity index (χ0) is 19.4. The average molecular weight is 407 g/mol. The molecule has 0 N–H and O–H groups in total. The summed E-state index contributed by atoms with van der Waals surface area (Å²) in [4.78, 5) is 14.4. The third-order valence-corrected chi connectivity index (χ3v) is 15.7. The van der Waals surface area contributed by atoms with E-state index in [0.717, 1.165) is 29.8 Å². The van der Waals surface area contributed by atoms with Crippen LogP contribution in [-0.4, -0.2) is 56.6 Å². The Bertz CT molecular complexity index is 470. The molecule has 3 aliphatic carbocycles. The molecule has 0 atom stereocenters. The molecule has 1 heterocycles. The van der Waals surface area contributed by atoms with E-state index in [-0.39, 0.29) is 5.97 Å². The Morgan fingerprint density at radius 3 is 1.82 bits per heavy atom. The molecule has 0 spiro atoms. The number of ether oxygens (including phenoxy) is 1. The lowest BCUT2D eigenvalue weighted by atomic mass is 10.3. The molecule has 0 aromatic carbocycles. The first kappa shape index (κ1) is 20.9. The zero-order valence-corrected chi connectivity index (χ0v) is 19.2. The fourth-order valence-corrected chi connectivity index (χ4v) is 16.0. The molecular weight excluding hydrogens is 364 g/mol. The van der Waals surface area contributed by atoms with Crippen molar-refractivity contribution in [1.82, 2.24) is 9.47 Å². The average Bonchev–Trinajstić information content (AvgIpc) is 3.51. The topological polar surface area (TPSA) is 32.8 Å². The van der Waals surface area contributed by atoms with Crippen LogP contribution in [0.1, 0.15) is 90.4 Å². The highest BCUT2D eigenvalue weighted by atomic mass is 28.3. The first-order chi connectivity index (χ1) is 13.7. The van der Waals surface area contributed by atoms with E-state index < -0.39 is 8.24 Å². The van der Waals surface area contributed by atoms with Crippen molar-refractivity contribution in [3.63, 3.8) is 0 Å². The summed E-state index contributed by atoms with van der Waals surface area (Å²) in [5, 5.41) is 0. The fourth-order valence-electron chi connectivity index (χ4n) is 7.57. The molecule has 0 bridgehead atoms. The van der Waals surface area contributed by atoms with Crippen LogP contribution in [0.15, 0.2) is 0 Å². The van der Waals surface area contributed by atoms with Crippen LogP contribution in [0.4, 0.5) is 0 Å². The van der Waals surface area contributed by atoms with E-state index >= 15 is 0 Å². The first-order valence-corrected chi connectivity index (χ1v) is 14.6. The molecule has 0 aromatic heterocycles. The van der Waals surface area contributed by atoms with E-state index in [1.807, 2.05) is 6.92 Å². The number of nitrogens with zero attached hydrogens (tertiary/aromatic N) is 2. The van der Waals surface area contributed by atoms with Gasteiger partial charge >= 0.3 is 5.97 Å². The van der Waals surface area contributed by atoms with E-state index in [9.17, 15) is 4.79 Å². The van der Waals surface area contributed by atoms with Crippen molar-refractivity contribution >= 4 is 14.2 Å². The Kier molecular flexibility index (Phi) is 7.16. The van der Waals surface area contributed by atoms with Crippen LogP contribution < -0.4 is 0 Å². The van der Waals surface area contributed by atoms with Crippen LogP contribution in [0.3, 0.4) is 0 Å². The van der Waals surface area contributed by atoms with Crippen LogP contribution in [0.25, 0.3) is 0 Å². The Morgan fingerprint density at radius 2 is 1.36 bits per heavy atom. The van der Waals surface area contributed by atoms with E-state index in [4.69, 9.17) is 4.74 Å². The summed E-state index contributed by atoms with van der Waals surface area (Å²) in [6.07, 6.45) is 18.6. The molecule has 4 aliphatic rings. The van der Waals surface area contributed by atoms with Crippen molar-refractivity contribution in [1.29, 1.82) is 0 Å². The van der Waals surface area contributed by atoms with Crippen LogP contribution in [0.2, 0.25) is 16.6 Å². The fraction of sp³-hybridized carbons (Fsp3) is 0.957. The van der Waals surface area contributed by atoms with Gasteiger partial charge in [0, 0.05) is 26.3 Å². The SMILES string of the molecule is CCOC(=O)CCN1CCN([Si](C2CCCC2)(C2CCCC2)C2CCCC2)C1. The predicted molar refractivity (Wildman–Crippen MR) is 117 cm³/mol. The van der Waals surface area contributed by atoms with Crippen LogP contribution >= 0.6 is 0 Å². The maximum Gasteiger partial charge on any atom is 0.307 e. The van der Waals surface area contributed by atoms with Gasteiger partial charge in [0.15, 0.2) is 0 Å². The minimum absolute atomic E-state index is 0.0214. The predicted octanol–water partition coefficient (Wildman–Crippen LogP) is 5.29. The van der Waals surface area contributed by atoms with Gasteiger partial charge in [-0.1, -0.05) is 77.0 Å². The molecule has 0 amide bonds. The maximum absolute atomic E-state index is 11.9. The van der Waals surface area contributed by atoms with Gasteiger partial charge in [0.25, 0.3) is 0 Å². The Morgan fingerprint density at radius 1 is 0.857 bits per heavy atom. The molecule has 5 heteroatoms. The normalized spacial score (nSPS) is 26.6. The molecule has 28 heavy (non-hydrogen) atoms. The molecule has 0 unspecified atom stereocenters. The summed E-state index contributed by atoms with van der Waals surface area (Å²) in [7, 11) is -1.50. The molecule has 1 saturated heterocycles. The van der Waals surface area contributed by atoms with Gasteiger partial charge in [-0.2, -0.15) is 0 Å². The summed E-state index contributed by atoms with van der Waals surface area (Å²) in [5.41, 5.74) is 3.18. The number of hydrogen-bond donors (Lipinski definition) is 0. The smallest absolute Gasteiger partial charge is 0.307 e. The van der Waals surface area contributed by atoms with Gasteiger partial charge in [0.1, 0.15) is 8.24 Å². The molecule has 3 saturated carbocycles. The van der Waals surface area contributed by atoms with Crippen molar-refractivity contribution in [3.8, 4) is 0 Å². The molecular formula is C23H42N2O2Si. The Balaban J connectivity index is 1.52. The number of carbonyl (C=O) groups is 1. The highest BCUT2D eigenvalue weighted by Crippen LogP contribution is 2.60. The molecule has 4 fully saturated rings. The monoisotopic (exact) mass is 406 g/mol. The van der Waals surface area contributed by atoms with Gasteiger partial charge in [-0.25, -0.2) is 0 Å². The lowest BCUT2D eigenvalue weighted by molar-refractivity contribution is -0.143. The summed E-state index contributed by atoms with van der Waals surface area (Å²) in [6, 6.07) is 0. The summed E-state index contributed by atoms with van der Waals surface area (Å²) >= 11 is 0. The minimum Gasteiger partial charge on any atom is -0.466 e. The lowest BCUT2D eigenvalue weighted by Crippen LogP contribution is -2.61. The summed E-state index contributed by atoms with van der Waals surface area (Å²) in [6.45, 7) is 6.89. The molecule has 4 nitrogen and oxygen atoms in total. The molecule has 160 valence electrons. The third kappa shape index (κ3) is 4.09. The maximum atomic E-state index is 11.9. The minimum atomic E-state index is -1.50. The van der Waals surface area contributed by atoms with E-state index in [2.05, 4.69) is 9.47 Å². The highest BCUT2D eigenvalue weighted by molar-refractivity contribution is 6.81. The van der Waals surface area contributed by atoms with Gasteiger partial charge in [0.2, 0.25) is 0 Å². The van der Waals surface area contributed by atoms with E-state index in [1.165, 1.54) is 90.1 Å². The number of carbonyl (C=O) groups excluding carboxylic acids is 1. The van der Waals surface area contributed by atoms with Crippen LogP contribution in [0.5, 0.6) is 0 Å². The highest BCUT2D eigenvalue weighted by Gasteiger charge is 2.58. The van der Waals surface area contributed by atoms with Gasteiger partial charge < -0.3 is 9.30 Å². The Hall–Kier alpha value is -0.393. The molecule has 4 rings (SSSR count). The van der Waals surface area contributed by atoms with Gasteiger partial charge in [-0.3, -0.25) is 9.69 Å². The molecule has 1 aliphatic heterocycles. The van der Waals surface area contributed by atoms with Crippen molar-refractivity contribution in [3.05, 3.63) is 0 Å². The van der Waals surface area contributed by atoms with E-state index in [0.29, 0.717) is 13.0 Å². The quantitative estimate of drug-likeness (QED) is 0.405. The second-order valence-corrected chi connectivity index (χ2v) is 14.8. The molecule has 0 aromatic rings. The van der Waals surface area contributed by atoms with Crippen LogP contribution in [-0.2, 0) is 9.53 Å². The number of hydrogen-bond acceptors (Lipinski definition) is 4. The van der Waals surface area contributed by atoms with Crippen molar-refractivity contribution in [2.75, 3.05) is 32.9 Å². The summed E-state index contributed by atoms with van der Waals surface area (Å²) < 4.78 is 8.27. The molecule has 0 radical (unpaired) electrons. The zero-order valence-electron chi connectivity index (χ0n) is 18.2.